The number of halogens is 1. The summed E-state index contributed by atoms with van der Waals surface area (Å²) in [6.07, 6.45) is 0.493. The van der Waals surface area contributed by atoms with Crippen LogP contribution >= 0.6 is 23.8 Å². The van der Waals surface area contributed by atoms with Gasteiger partial charge in [-0.15, -0.1) is 0 Å². The summed E-state index contributed by atoms with van der Waals surface area (Å²) < 4.78 is 0.343. The molecule has 0 atom stereocenters. The molecule has 0 unspecified atom stereocenters. The average Bonchev–Trinajstić information content (AvgIpc) is 2.25. The normalized spacial score (nSPS) is 10.5. The van der Waals surface area contributed by atoms with E-state index in [4.69, 9.17) is 23.8 Å². The lowest BCUT2D eigenvalue weighted by atomic mass is 10.1. The van der Waals surface area contributed by atoms with Gasteiger partial charge in [-0.3, -0.25) is 9.78 Å². The number of aryl methyl sites for hydroxylation is 1. The van der Waals surface area contributed by atoms with Crippen molar-refractivity contribution in [2.75, 3.05) is 0 Å². The summed E-state index contributed by atoms with van der Waals surface area (Å²) in [5.74, 6) is 0. The number of aromatic nitrogens is 2. The molecule has 2 N–H and O–H groups in total. The predicted molar refractivity (Wildman–Crippen MR) is 71.2 cm³/mol. The number of hydrogen-bond acceptors (Lipinski definition) is 2. The van der Waals surface area contributed by atoms with Crippen molar-refractivity contribution >= 4 is 23.8 Å². The maximum Gasteiger partial charge on any atom is 0.255 e. The Balaban J connectivity index is 2.48. The van der Waals surface area contributed by atoms with Crippen molar-refractivity contribution in [1.82, 2.24) is 9.97 Å². The molecule has 0 saturated heterocycles. The SMILES string of the molecule is Cc1[nH]c(=S)[nH]c(=O)c1Cc1ccccc1Cl. The molecule has 1 aromatic heterocycles. The fourth-order valence-electron chi connectivity index (χ4n) is 1.67. The van der Waals surface area contributed by atoms with Crippen molar-refractivity contribution < 1.29 is 0 Å². The van der Waals surface area contributed by atoms with E-state index in [1.165, 1.54) is 0 Å². The van der Waals surface area contributed by atoms with Gasteiger partial charge < -0.3 is 4.98 Å². The molecule has 0 amide bonds. The van der Waals surface area contributed by atoms with Gasteiger partial charge in [0, 0.05) is 22.7 Å². The Kier molecular flexibility index (Phi) is 3.45. The number of aromatic amines is 2. The monoisotopic (exact) mass is 266 g/mol. The Morgan fingerprint density at radius 2 is 2.00 bits per heavy atom. The van der Waals surface area contributed by atoms with Crippen LogP contribution in [-0.2, 0) is 6.42 Å². The second-order valence-corrected chi connectivity index (χ2v) is 4.60. The van der Waals surface area contributed by atoms with Gasteiger partial charge in [0.1, 0.15) is 0 Å². The molecule has 0 aliphatic carbocycles. The molecule has 0 radical (unpaired) electrons. The van der Waals surface area contributed by atoms with E-state index in [1.807, 2.05) is 31.2 Å². The molecule has 2 rings (SSSR count). The van der Waals surface area contributed by atoms with Crippen molar-refractivity contribution in [2.45, 2.75) is 13.3 Å². The summed E-state index contributed by atoms with van der Waals surface area (Å²) in [6, 6.07) is 7.48. The van der Waals surface area contributed by atoms with Crippen LogP contribution in [0.15, 0.2) is 29.1 Å². The third-order valence-corrected chi connectivity index (χ3v) is 3.15. The van der Waals surface area contributed by atoms with Gasteiger partial charge in [0.25, 0.3) is 5.56 Å². The van der Waals surface area contributed by atoms with E-state index in [1.54, 1.807) is 0 Å². The molecule has 0 aliphatic heterocycles. The van der Waals surface area contributed by atoms with Crippen LogP contribution in [0.25, 0.3) is 0 Å². The Bertz CT molecular complexity index is 660. The first-order chi connectivity index (χ1) is 8.08. The zero-order valence-electron chi connectivity index (χ0n) is 9.21. The second-order valence-electron chi connectivity index (χ2n) is 3.78. The highest BCUT2D eigenvalue weighted by Crippen LogP contribution is 2.18. The summed E-state index contributed by atoms with van der Waals surface area (Å²) >= 11 is 11.0. The van der Waals surface area contributed by atoms with Crippen LogP contribution in [0.5, 0.6) is 0 Å². The summed E-state index contributed by atoms with van der Waals surface area (Å²) in [5, 5.41) is 0.661. The fourth-order valence-corrected chi connectivity index (χ4v) is 2.12. The van der Waals surface area contributed by atoms with E-state index in [9.17, 15) is 4.79 Å². The van der Waals surface area contributed by atoms with Gasteiger partial charge >= 0.3 is 0 Å². The molecule has 88 valence electrons. The van der Waals surface area contributed by atoms with Crippen molar-refractivity contribution in [1.29, 1.82) is 0 Å². The molecule has 17 heavy (non-hydrogen) atoms. The van der Waals surface area contributed by atoms with Crippen LogP contribution in [0.4, 0.5) is 0 Å². The Morgan fingerprint density at radius 3 is 2.65 bits per heavy atom. The van der Waals surface area contributed by atoms with Gasteiger partial charge in [-0.1, -0.05) is 29.8 Å². The van der Waals surface area contributed by atoms with E-state index in [0.29, 0.717) is 21.8 Å². The molecule has 5 heteroatoms. The predicted octanol–water partition coefficient (Wildman–Crippen LogP) is 2.99. The number of rotatable bonds is 2. The number of nitrogens with one attached hydrogen (secondary N) is 2. The first kappa shape index (κ1) is 12.1. The van der Waals surface area contributed by atoms with Crippen molar-refractivity contribution in [3.8, 4) is 0 Å². The van der Waals surface area contributed by atoms with Crippen molar-refractivity contribution in [3.05, 3.63) is 61.2 Å². The molecular formula is C12H11ClN2OS. The maximum absolute atomic E-state index is 11.8. The summed E-state index contributed by atoms with van der Waals surface area (Å²) in [4.78, 5) is 17.3. The Morgan fingerprint density at radius 1 is 1.29 bits per heavy atom. The van der Waals surface area contributed by atoms with Gasteiger partial charge in [-0.2, -0.15) is 0 Å². The first-order valence-electron chi connectivity index (χ1n) is 5.13. The van der Waals surface area contributed by atoms with Gasteiger partial charge in [0.15, 0.2) is 4.77 Å². The lowest BCUT2D eigenvalue weighted by molar-refractivity contribution is 0.963. The van der Waals surface area contributed by atoms with Crippen molar-refractivity contribution in [2.24, 2.45) is 0 Å². The van der Waals surface area contributed by atoms with Gasteiger partial charge in [0.2, 0.25) is 0 Å². The van der Waals surface area contributed by atoms with Gasteiger partial charge in [-0.25, -0.2) is 0 Å². The summed E-state index contributed by atoms with van der Waals surface area (Å²) in [7, 11) is 0. The summed E-state index contributed by atoms with van der Waals surface area (Å²) in [5.41, 5.74) is 2.20. The third-order valence-electron chi connectivity index (χ3n) is 2.58. The highest BCUT2D eigenvalue weighted by atomic mass is 35.5. The molecule has 0 fully saturated rings. The van der Waals surface area contributed by atoms with E-state index >= 15 is 0 Å². The molecule has 3 nitrogen and oxygen atoms in total. The highest BCUT2D eigenvalue weighted by molar-refractivity contribution is 7.71. The molecule has 0 bridgehead atoms. The zero-order chi connectivity index (χ0) is 12.4. The molecule has 1 heterocycles. The minimum atomic E-state index is -0.161. The third kappa shape index (κ3) is 2.65. The molecular weight excluding hydrogens is 256 g/mol. The van der Waals surface area contributed by atoms with Crippen LogP contribution in [-0.4, -0.2) is 9.97 Å². The molecule has 0 saturated carbocycles. The van der Waals surface area contributed by atoms with Crippen LogP contribution in [0.3, 0.4) is 0 Å². The standard InChI is InChI=1S/C12H11ClN2OS/c1-7-9(11(16)15-12(17)14-7)6-8-4-2-3-5-10(8)13/h2-5H,6H2,1H3,(H2,14,15,16,17). The Labute approximate surface area is 108 Å². The topological polar surface area (TPSA) is 48.6 Å². The largest absolute Gasteiger partial charge is 0.336 e. The van der Waals surface area contributed by atoms with Crippen LogP contribution < -0.4 is 5.56 Å². The van der Waals surface area contributed by atoms with Crippen molar-refractivity contribution in [3.63, 3.8) is 0 Å². The first-order valence-corrected chi connectivity index (χ1v) is 5.92. The molecule has 2 aromatic rings. The lowest BCUT2D eigenvalue weighted by Crippen LogP contribution is -2.16. The van der Waals surface area contributed by atoms with E-state index in [2.05, 4.69) is 9.97 Å². The second kappa shape index (κ2) is 4.85. The van der Waals surface area contributed by atoms with Crippen LogP contribution in [0.2, 0.25) is 5.02 Å². The average molecular weight is 267 g/mol. The van der Waals surface area contributed by atoms with E-state index in [0.717, 1.165) is 11.3 Å². The van der Waals surface area contributed by atoms with Gasteiger partial charge in [0.05, 0.1) is 0 Å². The van der Waals surface area contributed by atoms with Crippen LogP contribution in [0.1, 0.15) is 16.8 Å². The minimum absolute atomic E-state index is 0.161. The van der Waals surface area contributed by atoms with Crippen LogP contribution in [0, 0.1) is 11.7 Å². The molecule has 1 aromatic carbocycles. The van der Waals surface area contributed by atoms with E-state index in [-0.39, 0.29) is 5.56 Å². The Hall–Kier alpha value is -1.39. The van der Waals surface area contributed by atoms with Gasteiger partial charge in [-0.05, 0) is 30.8 Å². The lowest BCUT2D eigenvalue weighted by Gasteiger charge is -2.06. The summed E-state index contributed by atoms with van der Waals surface area (Å²) in [6.45, 7) is 1.83. The smallest absolute Gasteiger partial charge is 0.255 e. The number of H-pyrrole nitrogens is 2. The quantitative estimate of drug-likeness (QED) is 0.821. The molecule has 0 spiro atoms. The minimum Gasteiger partial charge on any atom is -0.336 e. The fraction of sp³-hybridized carbons (Fsp3) is 0.167. The number of benzene rings is 1. The zero-order valence-corrected chi connectivity index (χ0v) is 10.8. The maximum atomic E-state index is 11.8. The highest BCUT2D eigenvalue weighted by Gasteiger charge is 2.08. The van der Waals surface area contributed by atoms with E-state index < -0.39 is 0 Å². The molecule has 0 aliphatic rings. The number of hydrogen-bond donors (Lipinski definition) is 2.